The van der Waals surface area contributed by atoms with Crippen molar-refractivity contribution in [1.82, 2.24) is 9.80 Å². The van der Waals surface area contributed by atoms with E-state index in [9.17, 15) is 9.59 Å². The standard InChI is InChI=1S/C24H36N2O4/c1-25-17-18-30-21-9-3-2-7-20(21)8-4-5-12-24(19-25)13-15-26(16-14-24)22(27)10-6-11-23(28)29/h2-3,7,9H,4-6,8,10-19H2,1H3,(H,28,29). The summed E-state index contributed by atoms with van der Waals surface area (Å²) in [5, 5.41) is 8.77. The molecule has 1 spiro atoms. The Morgan fingerprint density at radius 3 is 2.60 bits per heavy atom. The van der Waals surface area contributed by atoms with Crippen molar-refractivity contribution in [2.24, 2.45) is 5.41 Å². The van der Waals surface area contributed by atoms with E-state index < -0.39 is 5.97 Å². The van der Waals surface area contributed by atoms with Crippen LogP contribution in [0.4, 0.5) is 0 Å². The van der Waals surface area contributed by atoms with Gasteiger partial charge in [0.1, 0.15) is 12.4 Å². The maximum Gasteiger partial charge on any atom is 0.303 e. The van der Waals surface area contributed by atoms with Gasteiger partial charge in [-0.2, -0.15) is 0 Å². The third kappa shape index (κ3) is 6.46. The van der Waals surface area contributed by atoms with Gasteiger partial charge in [-0.3, -0.25) is 9.59 Å². The van der Waals surface area contributed by atoms with Crippen molar-refractivity contribution in [2.45, 2.75) is 57.8 Å². The van der Waals surface area contributed by atoms with Crippen LogP contribution in [0.2, 0.25) is 0 Å². The summed E-state index contributed by atoms with van der Waals surface area (Å²) < 4.78 is 6.07. The van der Waals surface area contributed by atoms with Crippen LogP contribution in [0.5, 0.6) is 5.75 Å². The van der Waals surface area contributed by atoms with Crippen molar-refractivity contribution in [3.05, 3.63) is 29.8 Å². The number of fused-ring (bicyclic) bond motifs is 1. The Morgan fingerprint density at radius 1 is 1.07 bits per heavy atom. The summed E-state index contributed by atoms with van der Waals surface area (Å²) in [6.07, 6.45) is 7.49. The zero-order valence-electron chi connectivity index (χ0n) is 18.3. The molecular formula is C24H36N2O4. The summed E-state index contributed by atoms with van der Waals surface area (Å²) in [6, 6.07) is 8.38. The second kappa shape index (κ2) is 10.8. The first-order valence-corrected chi connectivity index (χ1v) is 11.4. The van der Waals surface area contributed by atoms with E-state index in [4.69, 9.17) is 9.84 Å². The summed E-state index contributed by atoms with van der Waals surface area (Å²) in [5.41, 5.74) is 1.56. The molecule has 0 aliphatic carbocycles. The van der Waals surface area contributed by atoms with Crippen molar-refractivity contribution in [2.75, 3.05) is 39.8 Å². The second-order valence-corrected chi connectivity index (χ2v) is 9.03. The summed E-state index contributed by atoms with van der Waals surface area (Å²) in [6.45, 7) is 4.21. The molecule has 0 bridgehead atoms. The predicted molar refractivity (Wildman–Crippen MR) is 117 cm³/mol. The second-order valence-electron chi connectivity index (χ2n) is 9.03. The Morgan fingerprint density at radius 2 is 1.83 bits per heavy atom. The number of carbonyl (C=O) groups is 2. The maximum atomic E-state index is 12.4. The molecule has 0 unspecified atom stereocenters. The topological polar surface area (TPSA) is 70.1 Å². The highest BCUT2D eigenvalue weighted by Crippen LogP contribution is 2.38. The number of carbonyl (C=O) groups excluding carboxylic acids is 1. The molecule has 1 fully saturated rings. The lowest BCUT2D eigenvalue weighted by Gasteiger charge is -2.44. The van der Waals surface area contributed by atoms with Crippen LogP contribution < -0.4 is 4.74 Å². The maximum absolute atomic E-state index is 12.4. The van der Waals surface area contributed by atoms with Crippen LogP contribution in [0.1, 0.15) is 56.9 Å². The van der Waals surface area contributed by atoms with Gasteiger partial charge in [0.25, 0.3) is 0 Å². The van der Waals surface area contributed by atoms with Gasteiger partial charge in [0.15, 0.2) is 0 Å². The number of para-hydroxylation sites is 1. The van der Waals surface area contributed by atoms with E-state index in [0.29, 0.717) is 19.4 Å². The molecule has 0 saturated carbocycles. The van der Waals surface area contributed by atoms with Gasteiger partial charge in [-0.1, -0.05) is 24.6 Å². The van der Waals surface area contributed by atoms with Crippen LogP contribution in [-0.2, 0) is 16.0 Å². The number of piperidine rings is 1. The van der Waals surface area contributed by atoms with E-state index in [1.807, 2.05) is 11.0 Å². The van der Waals surface area contributed by atoms with Crippen LogP contribution in [0.3, 0.4) is 0 Å². The highest BCUT2D eigenvalue weighted by Gasteiger charge is 2.36. The number of aryl methyl sites for hydroxylation is 1. The fourth-order valence-electron chi connectivity index (χ4n) is 4.90. The Balaban J connectivity index is 1.56. The monoisotopic (exact) mass is 416 g/mol. The molecule has 2 aliphatic heterocycles. The highest BCUT2D eigenvalue weighted by molar-refractivity contribution is 5.77. The van der Waals surface area contributed by atoms with Crippen molar-refractivity contribution >= 4 is 11.9 Å². The lowest BCUT2D eigenvalue weighted by Crippen LogP contribution is -2.48. The lowest BCUT2D eigenvalue weighted by atomic mass is 9.73. The third-order valence-electron chi connectivity index (χ3n) is 6.67. The molecule has 0 aromatic heterocycles. The first-order valence-electron chi connectivity index (χ1n) is 11.4. The molecule has 0 atom stereocenters. The summed E-state index contributed by atoms with van der Waals surface area (Å²) in [7, 11) is 2.17. The number of amides is 1. The SMILES string of the molecule is CN1CCOc2ccccc2CCCCC2(CCN(C(=O)CCCC(=O)O)CC2)C1. The van der Waals surface area contributed by atoms with Crippen LogP contribution in [-0.4, -0.2) is 66.6 Å². The molecule has 1 saturated heterocycles. The van der Waals surface area contributed by atoms with Crippen molar-refractivity contribution < 1.29 is 19.4 Å². The zero-order valence-corrected chi connectivity index (χ0v) is 18.3. The molecule has 2 aliphatic rings. The van der Waals surface area contributed by atoms with E-state index in [1.54, 1.807) is 0 Å². The molecule has 3 rings (SSSR count). The number of aliphatic carboxylic acids is 1. The first-order chi connectivity index (χ1) is 14.5. The lowest BCUT2D eigenvalue weighted by molar-refractivity contribution is -0.137. The highest BCUT2D eigenvalue weighted by atomic mass is 16.5. The smallest absolute Gasteiger partial charge is 0.303 e. The Hall–Kier alpha value is -2.08. The van der Waals surface area contributed by atoms with Gasteiger partial charge >= 0.3 is 5.97 Å². The van der Waals surface area contributed by atoms with Crippen molar-refractivity contribution in [3.8, 4) is 5.75 Å². The molecule has 166 valence electrons. The molecule has 1 N–H and O–H groups in total. The summed E-state index contributed by atoms with van der Waals surface area (Å²) in [4.78, 5) is 27.5. The summed E-state index contributed by atoms with van der Waals surface area (Å²) >= 11 is 0. The van der Waals surface area contributed by atoms with Gasteiger partial charge in [-0.05, 0) is 62.6 Å². The first kappa shape index (κ1) is 22.6. The van der Waals surface area contributed by atoms with E-state index >= 15 is 0 Å². The molecule has 1 aromatic rings. The molecule has 2 heterocycles. The van der Waals surface area contributed by atoms with Gasteiger partial charge < -0.3 is 19.6 Å². The molecule has 6 nitrogen and oxygen atoms in total. The van der Waals surface area contributed by atoms with E-state index in [2.05, 4.69) is 30.1 Å². The molecule has 0 radical (unpaired) electrons. The number of hydrogen-bond acceptors (Lipinski definition) is 4. The van der Waals surface area contributed by atoms with E-state index in [-0.39, 0.29) is 17.7 Å². The van der Waals surface area contributed by atoms with Crippen LogP contribution in [0.25, 0.3) is 0 Å². The number of hydrogen-bond donors (Lipinski definition) is 1. The summed E-state index contributed by atoms with van der Waals surface area (Å²) in [5.74, 6) is 0.303. The Kier molecular flexibility index (Phi) is 8.14. The van der Waals surface area contributed by atoms with Crippen molar-refractivity contribution in [3.63, 3.8) is 0 Å². The number of benzene rings is 1. The average Bonchev–Trinajstić information content (AvgIpc) is 2.71. The molecule has 1 aromatic carbocycles. The Labute approximate surface area is 180 Å². The van der Waals surface area contributed by atoms with E-state index in [0.717, 1.165) is 57.6 Å². The third-order valence-corrected chi connectivity index (χ3v) is 6.67. The molecular weight excluding hydrogens is 380 g/mol. The minimum absolute atomic E-state index is 0.0690. The van der Waals surface area contributed by atoms with E-state index in [1.165, 1.54) is 18.4 Å². The van der Waals surface area contributed by atoms with Gasteiger partial charge in [-0.25, -0.2) is 0 Å². The zero-order chi connectivity index (χ0) is 21.4. The van der Waals surface area contributed by atoms with Gasteiger partial charge in [0.05, 0.1) is 0 Å². The molecule has 30 heavy (non-hydrogen) atoms. The minimum atomic E-state index is -0.830. The van der Waals surface area contributed by atoms with Crippen LogP contribution >= 0.6 is 0 Å². The Bertz CT molecular complexity index is 713. The fraction of sp³-hybridized carbons (Fsp3) is 0.667. The molecule has 1 amide bonds. The van der Waals surface area contributed by atoms with Crippen LogP contribution in [0, 0.1) is 5.41 Å². The number of ether oxygens (including phenoxy) is 1. The fourth-order valence-corrected chi connectivity index (χ4v) is 4.90. The van der Waals surface area contributed by atoms with Crippen molar-refractivity contribution in [1.29, 1.82) is 0 Å². The number of likely N-dealkylation sites (tertiary alicyclic amines) is 1. The normalized spacial score (nSPS) is 20.5. The number of likely N-dealkylation sites (N-methyl/N-ethyl adjacent to an activating group) is 1. The molecule has 6 heteroatoms. The van der Waals surface area contributed by atoms with Crippen LogP contribution in [0.15, 0.2) is 24.3 Å². The minimum Gasteiger partial charge on any atom is -0.492 e. The van der Waals surface area contributed by atoms with Gasteiger partial charge in [0.2, 0.25) is 5.91 Å². The quantitative estimate of drug-likeness (QED) is 0.812. The number of nitrogens with zero attached hydrogens (tertiary/aromatic N) is 2. The number of carboxylic acids is 1. The predicted octanol–water partition coefficient (Wildman–Crippen LogP) is 3.59. The number of carboxylic acid groups (broad SMARTS) is 1. The largest absolute Gasteiger partial charge is 0.492 e. The average molecular weight is 417 g/mol. The number of rotatable bonds is 4. The van der Waals surface area contributed by atoms with Gasteiger partial charge in [-0.15, -0.1) is 0 Å². The van der Waals surface area contributed by atoms with Gasteiger partial charge in [0, 0.05) is 39.0 Å².